The molecule has 1 N–H and O–H groups in total. The first-order valence-corrected chi connectivity index (χ1v) is 7.10. The molecular formula is C18H17NO4. The van der Waals surface area contributed by atoms with Gasteiger partial charge in [-0.2, -0.15) is 0 Å². The molecule has 5 heteroatoms. The molecule has 2 aromatic carbocycles. The van der Waals surface area contributed by atoms with Crippen molar-refractivity contribution in [3.05, 3.63) is 52.8 Å². The van der Waals surface area contributed by atoms with Gasteiger partial charge in [-0.1, -0.05) is 12.1 Å². The van der Waals surface area contributed by atoms with Crippen LogP contribution in [0.4, 0.5) is 0 Å². The Bertz CT molecular complexity index is 915. The van der Waals surface area contributed by atoms with E-state index in [1.807, 2.05) is 30.3 Å². The van der Waals surface area contributed by atoms with Crippen LogP contribution in [0.3, 0.4) is 0 Å². The van der Waals surface area contributed by atoms with Crippen LogP contribution in [0.5, 0.6) is 17.2 Å². The monoisotopic (exact) mass is 311 g/mol. The molecule has 0 saturated carbocycles. The van der Waals surface area contributed by atoms with Gasteiger partial charge in [-0.3, -0.25) is 4.79 Å². The fraction of sp³-hybridized carbons (Fsp3) is 0.167. The van der Waals surface area contributed by atoms with Gasteiger partial charge < -0.3 is 19.2 Å². The summed E-state index contributed by atoms with van der Waals surface area (Å²) in [5.74, 6) is 1.90. The van der Waals surface area contributed by atoms with Crippen LogP contribution in [-0.2, 0) is 0 Å². The fourth-order valence-corrected chi connectivity index (χ4v) is 2.69. The minimum absolute atomic E-state index is 0.189. The molecule has 3 rings (SSSR count). The second kappa shape index (κ2) is 6.04. The molecule has 0 saturated heterocycles. The number of aromatic nitrogens is 1. The van der Waals surface area contributed by atoms with Gasteiger partial charge >= 0.3 is 0 Å². The first kappa shape index (κ1) is 15.0. The minimum Gasteiger partial charge on any atom is -0.497 e. The molecule has 1 aromatic heterocycles. The number of benzene rings is 2. The van der Waals surface area contributed by atoms with Crippen molar-refractivity contribution in [1.82, 2.24) is 4.98 Å². The molecule has 23 heavy (non-hydrogen) atoms. The smallest absolute Gasteiger partial charge is 0.249 e. The van der Waals surface area contributed by atoms with Crippen LogP contribution in [0, 0.1) is 0 Å². The first-order chi connectivity index (χ1) is 11.2. The highest BCUT2D eigenvalue weighted by atomic mass is 16.5. The van der Waals surface area contributed by atoms with Crippen LogP contribution < -0.4 is 19.8 Å². The Morgan fingerprint density at radius 1 is 0.870 bits per heavy atom. The van der Waals surface area contributed by atoms with E-state index in [9.17, 15) is 4.79 Å². The topological polar surface area (TPSA) is 60.6 Å². The molecule has 0 bridgehead atoms. The lowest BCUT2D eigenvalue weighted by atomic mass is 10.00. The van der Waals surface area contributed by atoms with Crippen LogP contribution in [0.1, 0.15) is 0 Å². The lowest BCUT2D eigenvalue weighted by Gasteiger charge is -2.14. The molecule has 0 radical (unpaired) electrons. The standard InChI is InChI=1S/C18H17NO4/c1-21-11-7-8-12-14(10-17(20)19-15(12)9-11)13-5-4-6-16(22-2)18(13)23-3/h4-10H,1-3H3,(H,19,20). The van der Waals surface area contributed by atoms with Crippen molar-refractivity contribution in [1.29, 1.82) is 0 Å². The van der Waals surface area contributed by atoms with E-state index >= 15 is 0 Å². The summed E-state index contributed by atoms with van der Waals surface area (Å²) < 4.78 is 16.1. The van der Waals surface area contributed by atoms with Gasteiger partial charge in [0, 0.05) is 28.6 Å². The van der Waals surface area contributed by atoms with E-state index in [2.05, 4.69) is 4.98 Å². The molecule has 118 valence electrons. The Kier molecular flexibility index (Phi) is 3.93. The maximum atomic E-state index is 12.1. The highest BCUT2D eigenvalue weighted by molar-refractivity contribution is 5.96. The summed E-state index contributed by atoms with van der Waals surface area (Å²) in [6, 6.07) is 12.7. The van der Waals surface area contributed by atoms with Crippen LogP contribution in [0.25, 0.3) is 22.0 Å². The molecule has 0 spiro atoms. The summed E-state index contributed by atoms with van der Waals surface area (Å²) in [5, 5.41) is 0.900. The fourth-order valence-electron chi connectivity index (χ4n) is 2.69. The third-order valence-corrected chi connectivity index (χ3v) is 3.74. The van der Waals surface area contributed by atoms with Crippen LogP contribution in [-0.4, -0.2) is 26.3 Å². The highest BCUT2D eigenvalue weighted by Crippen LogP contribution is 2.40. The van der Waals surface area contributed by atoms with Gasteiger partial charge in [0.15, 0.2) is 11.5 Å². The predicted molar refractivity (Wildman–Crippen MR) is 89.7 cm³/mol. The summed E-state index contributed by atoms with van der Waals surface area (Å²) in [6.45, 7) is 0. The summed E-state index contributed by atoms with van der Waals surface area (Å²) >= 11 is 0. The summed E-state index contributed by atoms with van der Waals surface area (Å²) in [7, 11) is 4.76. The van der Waals surface area contributed by atoms with E-state index in [1.165, 1.54) is 0 Å². The van der Waals surface area contributed by atoms with E-state index < -0.39 is 0 Å². The summed E-state index contributed by atoms with van der Waals surface area (Å²) in [4.78, 5) is 14.9. The van der Waals surface area contributed by atoms with Gasteiger partial charge in [-0.15, -0.1) is 0 Å². The van der Waals surface area contributed by atoms with Crippen LogP contribution >= 0.6 is 0 Å². The maximum absolute atomic E-state index is 12.1. The molecule has 5 nitrogen and oxygen atoms in total. The zero-order valence-corrected chi connectivity index (χ0v) is 13.2. The summed E-state index contributed by atoms with van der Waals surface area (Å²) in [6.07, 6.45) is 0. The van der Waals surface area contributed by atoms with Crippen molar-refractivity contribution < 1.29 is 14.2 Å². The molecule has 0 amide bonds. The number of methoxy groups -OCH3 is 3. The second-order valence-corrected chi connectivity index (χ2v) is 5.00. The number of ether oxygens (including phenoxy) is 3. The van der Waals surface area contributed by atoms with Crippen molar-refractivity contribution in [3.8, 4) is 28.4 Å². The van der Waals surface area contributed by atoms with Crippen molar-refractivity contribution in [3.63, 3.8) is 0 Å². The van der Waals surface area contributed by atoms with Gasteiger partial charge in [-0.25, -0.2) is 0 Å². The Hall–Kier alpha value is -2.95. The number of aromatic amines is 1. The largest absolute Gasteiger partial charge is 0.497 e. The summed E-state index contributed by atoms with van der Waals surface area (Å²) in [5.41, 5.74) is 2.10. The first-order valence-electron chi connectivity index (χ1n) is 7.10. The van der Waals surface area contributed by atoms with E-state index in [-0.39, 0.29) is 5.56 Å². The predicted octanol–water partition coefficient (Wildman–Crippen LogP) is 3.22. The normalized spacial score (nSPS) is 10.6. The van der Waals surface area contributed by atoms with Crippen molar-refractivity contribution >= 4 is 10.9 Å². The second-order valence-electron chi connectivity index (χ2n) is 5.00. The molecule has 0 aliphatic carbocycles. The van der Waals surface area contributed by atoms with Crippen molar-refractivity contribution in [2.75, 3.05) is 21.3 Å². The number of nitrogens with one attached hydrogen (secondary N) is 1. The van der Waals surface area contributed by atoms with E-state index in [1.54, 1.807) is 33.5 Å². The van der Waals surface area contributed by atoms with E-state index in [0.717, 1.165) is 16.5 Å². The molecule has 0 aliphatic heterocycles. The quantitative estimate of drug-likeness (QED) is 0.803. The highest BCUT2D eigenvalue weighted by Gasteiger charge is 2.15. The van der Waals surface area contributed by atoms with E-state index in [0.29, 0.717) is 22.8 Å². The molecule has 0 aliphatic rings. The molecule has 0 unspecified atom stereocenters. The van der Waals surface area contributed by atoms with Gasteiger partial charge in [0.2, 0.25) is 5.56 Å². The third kappa shape index (κ3) is 2.61. The number of fused-ring (bicyclic) bond motifs is 1. The van der Waals surface area contributed by atoms with Crippen LogP contribution in [0.15, 0.2) is 47.3 Å². The number of H-pyrrole nitrogens is 1. The molecule has 0 fully saturated rings. The molecular weight excluding hydrogens is 294 g/mol. The molecule has 3 aromatic rings. The maximum Gasteiger partial charge on any atom is 0.249 e. The van der Waals surface area contributed by atoms with Gasteiger partial charge in [0.25, 0.3) is 0 Å². The average molecular weight is 311 g/mol. The number of hydrogen-bond acceptors (Lipinski definition) is 4. The number of para-hydroxylation sites is 1. The van der Waals surface area contributed by atoms with Crippen LogP contribution in [0.2, 0.25) is 0 Å². The minimum atomic E-state index is -0.189. The number of rotatable bonds is 4. The van der Waals surface area contributed by atoms with Crippen molar-refractivity contribution in [2.24, 2.45) is 0 Å². The number of hydrogen-bond donors (Lipinski definition) is 1. The lowest BCUT2D eigenvalue weighted by molar-refractivity contribution is 0.356. The SMILES string of the molecule is COc1ccc2c(-c3cccc(OC)c3OC)cc(=O)[nH]c2c1. The van der Waals surface area contributed by atoms with E-state index in [4.69, 9.17) is 14.2 Å². The Morgan fingerprint density at radius 2 is 1.70 bits per heavy atom. The number of pyridine rings is 1. The Morgan fingerprint density at radius 3 is 2.39 bits per heavy atom. The van der Waals surface area contributed by atoms with Gasteiger partial charge in [0.1, 0.15) is 5.75 Å². The average Bonchev–Trinajstić information content (AvgIpc) is 2.59. The Labute approximate surface area is 133 Å². The van der Waals surface area contributed by atoms with Gasteiger partial charge in [0.05, 0.1) is 26.8 Å². The Balaban J connectivity index is 2.34. The molecule has 1 heterocycles. The zero-order valence-electron chi connectivity index (χ0n) is 13.2. The molecule has 0 atom stereocenters. The van der Waals surface area contributed by atoms with Crippen molar-refractivity contribution in [2.45, 2.75) is 0 Å². The third-order valence-electron chi connectivity index (χ3n) is 3.74. The van der Waals surface area contributed by atoms with Gasteiger partial charge in [-0.05, 0) is 18.2 Å². The lowest BCUT2D eigenvalue weighted by Crippen LogP contribution is -2.05. The zero-order chi connectivity index (χ0) is 16.4.